The summed E-state index contributed by atoms with van der Waals surface area (Å²) in [5, 5.41) is 35.3. The van der Waals surface area contributed by atoms with Crippen LogP contribution in [0.5, 0.6) is 0 Å². The van der Waals surface area contributed by atoms with Gasteiger partial charge in [-0.15, -0.1) is 0 Å². The van der Waals surface area contributed by atoms with Gasteiger partial charge < -0.3 is 20.4 Å². The molecular weight excluding hydrogens is 312 g/mol. The number of carbonyl (C=O) groups is 4. The average molecular weight is 334 g/mol. The molecule has 0 aromatic rings. The SMILES string of the molecule is CC(CC(C)N(CC(=O)O)CC(=O)O)N(CC(=O)O)CC(=O)O. The summed E-state index contributed by atoms with van der Waals surface area (Å²) in [6.07, 6.45) is 0.223. The molecule has 0 aliphatic carbocycles. The van der Waals surface area contributed by atoms with Gasteiger partial charge >= 0.3 is 23.9 Å². The number of nitrogens with zero attached hydrogens (tertiary/aromatic N) is 2. The van der Waals surface area contributed by atoms with E-state index in [0.29, 0.717) is 0 Å². The molecule has 2 unspecified atom stereocenters. The van der Waals surface area contributed by atoms with Crippen molar-refractivity contribution >= 4 is 23.9 Å². The van der Waals surface area contributed by atoms with Crippen molar-refractivity contribution in [1.29, 1.82) is 0 Å². The predicted molar refractivity (Wildman–Crippen MR) is 77.2 cm³/mol. The third kappa shape index (κ3) is 9.42. The van der Waals surface area contributed by atoms with Gasteiger partial charge in [-0.2, -0.15) is 0 Å². The summed E-state index contributed by atoms with van der Waals surface area (Å²) in [6, 6.07) is -0.968. The quantitative estimate of drug-likeness (QED) is 0.352. The van der Waals surface area contributed by atoms with Crippen LogP contribution in [-0.4, -0.2) is 92.4 Å². The van der Waals surface area contributed by atoms with Crippen molar-refractivity contribution in [3.63, 3.8) is 0 Å². The Morgan fingerprint density at radius 1 is 0.652 bits per heavy atom. The molecule has 0 rings (SSSR count). The Morgan fingerprint density at radius 2 is 0.870 bits per heavy atom. The van der Waals surface area contributed by atoms with Crippen LogP contribution in [0.2, 0.25) is 0 Å². The van der Waals surface area contributed by atoms with E-state index in [2.05, 4.69) is 0 Å². The third-order valence-electron chi connectivity index (χ3n) is 3.28. The van der Waals surface area contributed by atoms with E-state index < -0.39 is 62.1 Å². The van der Waals surface area contributed by atoms with E-state index in [-0.39, 0.29) is 6.42 Å². The highest BCUT2D eigenvalue weighted by atomic mass is 16.4. The second kappa shape index (κ2) is 9.74. The topological polar surface area (TPSA) is 156 Å². The Kier molecular flexibility index (Phi) is 8.81. The molecule has 23 heavy (non-hydrogen) atoms. The molecule has 2 atom stereocenters. The lowest BCUT2D eigenvalue weighted by Crippen LogP contribution is -2.47. The zero-order valence-corrected chi connectivity index (χ0v) is 13.0. The normalized spacial score (nSPS) is 13.7. The second-order valence-corrected chi connectivity index (χ2v) is 5.32. The zero-order valence-electron chi connectivity index (χ0n) is 13.0. The standard InChI is InChI=1S/C13H22N2O8/c1-8(14(4-10(16)17)5-11(18)19)3-9(2)15(6-12(20)21)7-13(22)23/h8-9H,3-7H2,1-2H3,(H,16,17)(H,18,19)(H,20,21)(H,22,23). The van der Waals surface area contributed by atoms with Gasteiger partial charge in [0.05, 0.1) is 26.2 Å². The first-order chi connectivity index (χ1) is 10.5. The van der Waals surface area contributed by atoms with Crippen LogP contribution in [0.4, 0.5) is 0 Å². The first kappa shape index (κ1) is 20.8. The van der Waals surface area contributed by atoms with Gasteiger partial charge in [0.15, 0.2) is 0 Å². The molecule has 10 nitrogen and oxygen atoms in total. The fraction of sp³-hybridized carbons (Fsp3) is 0.692. The number of carboxylic acid groups (broad SMARTS) is 4. The molecule has 0 saturated heterocycles. The van der Waals surface area contributed by atoms with Crippen LogP contribution in [0.25, 0.3) is 0 Å². The van der Waals surface area contributed by atoms with E-state index in [4.69, 9.17) is 20.4 Å². The molecule has 0 aromatic heterocycles. The zero-order chi connectivity index (χ0) is 18.2. The van der Waals surface area contributed by atoms with E-state index in [9.17, 15) is 19.2 Å². The van der Waals surface area contributed by atoms with E-state index in [1.165, 1.54) is 9.80 Å². The Bertz CT molecular complexity index is 381. The molecular formula is C13H22N2O8. The maximum atomic E-state index is 10.8. The summed E-state index contributed by atoms with van der Waals surface area (Å²) in [7, 11) is 0. The maximum Gasteiger partial charge on any atom is 0.317 e. The van der Waals surface area contributed by atoms with Crippen LogP contribution < -0.4 is 0 Å². The number of rotatable bonds is 12. The van der Waals surface area contributed by atoms with Crippen LogP contribution in [0, 0.1) is 0 Å². The lowest BCUT2D eigenvalue weighted by Gasteiger charge is -2.32. The molecule has 0 aromatic carbocycles. The summed E-state index contributed by atoms with van der Waals surface area (Å²) < 4.78 is 0. The number of aliphatic carboxylic acids is 4. The molecule has 0 aliphatic heterocycles. The lowest BCUT2D eigenvalue weighted by atomic mass is 10.1. The summed E-state index contributed by atoms with van der Waals surface area (Å²) in [5.41, 5.74) is 0. The van der Waals surface area contributed by atoms with Gasteiger partial charge in [0.1, 0.15) is 0 Å². The molecule has 0 radical (unpaired) electrons. The highest BCUT2D eigenvalue weighted by Gasteiger charge is 2.25. The van der Waals surface area contributed by atoms with Crippen LogP contribution >= 0.6 is 0 Å². The highest BCUT2D eigenvalue weighted by molar-refractivity contribution is 5.73. The van der Waals surface area contributed by atoms with Crippen molar-refractivity contribution in [2.75, 3.05) is 26.2 Å². The first-order valence-electron chi connectivity index (χ1n) is 6.88. The van der Waals surface area contributed by atoms with Crippen molar-refractivity contribution in [3.05, 3.63) is 0 Å². The van der Waals surface area contributed by atoms with Crippen molar-refractivity contribution in [1.82, 2.24) is 9.80 Å². The van der Waals surface area contributed by atoms with Crippen LogP contribution in [0.3, 0.4) is 0 Å². The Hall–Kier alpha value is -2.20. The number of hydrogen-bond acceptors (Lipinski definition) is 6. The highest BCUT2D eigenvalue weighted by Crippen LogP contribution is 2.12. The number of hydrogen-bond donors (Lipinski definition) is 4. The summed E-state index contributed by atoms with van der Waals surface area (Å²) in [5.74, 6) is -4.73. The largest absolute Gasteiger partial charge is 0.480 e. The van der Waals surface area contributed by atoms with Gasteiger partial charge in [-0.25, -0.2) is 0 Å². The van der Waals surface area contributed by atoms with Gasteiger partial charge in [-0.3, -0.25) is 29.0 Å². The van der Waals surface area contributed by atoms with Crippen LogP contribution in [0.1, 0.15) is 20.3 Å². The van der Waals surface area contributed by atoms with Gasteiger partial charge in [-0.05, 0) is 20.3 Å². The Morgan fingerprint density at radius 3 is 1.04 bits per heavy atom. The van der Waals surface area contributed by atoms with Crippen molar-refractivity contribution in [2.24, 2.45) is 0 Å². The molecule has 0 spiro atoms. The fourth-order valence-corrected chi connectivity index (χ4v) is 2.22. The van der Waals surface area contributed by atoms with Gasteiger partial charge in [0.25, 0.3) is 0 Å². The van der Waals surface area contributed by atoms with E-state index in [0.717, 1.165) is 0 Å². The first-order valence-corrected chi connectivity index (χ1v) is 6.88. The van der Waals surface area contributed by atoms with Crippen LogP contribution in [-0.2, 0) is 19.2 Å². The molecule has 0 heterocycles. The maximum absolute atomic E-state index is 10.8. The Balaban J connectivity index is 4.91. The van der Waals surface area contributed by atoms with Gasteiger partial charge in [-0.1, -0.05) is 0 Å². The minimum atomic E-state index is -1.18. The summed E-state index contributed by atoms with van der Waals surface area (Å²) in [4.78, 5) is 45.7. The van der Waals surface area contributed by atoms with Gasteiger partial charge in [0.2, 0.25) is 0 Å². The van der Waals surface area contributed by atoms with Crippen LogP contribution in [0.15, 0.2) is 0 Å². The molecule has 10 heteroatoms. The predicted octanol–water partition coefficient (Wildman–Crippen LogP) is -0.904. The minimum Gasteiger partial charge on any atom is -0.480 e. The Labute approximate surface area is 132 Å². The van der Waals surface area contributed by atoms with E-state index in [1.54, 1.807) is 13.8 Å². The number of carboxylic acids is 4. The molecule has 0 bridgehead atoms. The average Bonchev–Trinajstić information content (AvgIpc) is 2.34. The third-order valence-corrected chi connectivity index (χ3v) is 3.28. The molecule has 0 amide bonds. The second-order valence-electron chi connectivity index (χ2n) is 5.32. The van der Waals surface area contributed by atoms with Crippen molar-refractivity contribution < 1.29 is 39.6 Å². The van der Waals surface area contributed by atoms with Crippen molar-refractivity contribution in [2.45, 2.75) is 32.4 Å². The van der Waals surface area contributed by atoms with Crippen molar-refractivity contribution in [3.8, 4) is 0 Å². The van der Waals surface area contributed by atoms with Gasteiger partial charge in [0, 0.05) is 12.1 Å². The lowest BCUT2D eigenvalue weighted by molar-refractivity contribution is -0.143. The summed E-state index contributed by atoms with van der Waals surface area (Å²) in [6.45, 7) is 1.33. The molecule has 0 saturated carbocycles. The smallest absolute Gasteiger partial charge is 0.317 e. The van der Waals surface area contributed by atoms with E-state index >= 15 is 0 Å². The monoisotopic (exact) mass is 334 g/mol. The van der Waals surface area contributed by atoms with E-state index in [1.807, 2.05) is 0 Å². The molecule has 132 valence electrons. The summed E-state index contributed by atoms with van der Waals surface area (Å²) >= 11 is 0. The molecule has 0 aliphatic rings. The molecule has 4 N–H and O–H groups in total. The molecule has 0 fully saturated rings. The minimum absolute atomic E-state index is 0.223. The fourth-order valence-electron chi connectivity index (χ4n) is 2.22.